The molecule has 0 aromatic heterocycles. The molecule has 0 spiro atoms. The molecule has 2 rings (SSSR count). The fourth-order valence-electron chi connectivity index (χ4n) is 1.74. The highest BCUT2D eigenvalue weighted by Crippen LogP contribution is 2.21. The molecule has 1 saturated heterocycles. The van der Waals surface area contributed by atoms with Crippen molar-refractivity contribution >= 4 is 11.5 Å². The number of rotatable bonds is 4. The van der Waals surface area contributed by atoms with Crippen molar-refractivity contribution in [2.45, 2.75) is 6.10 Å². The Morgan fingerprint density at radius 2 is 2.06 bits per heavy atom. The van der Waals surface area contributed by atoms with Crippen molar-refractivity contribution in [3.8, 4) is 0 Å². The van der Waals surface area contributed by atoms with Gasteiger partial charge in [0.25, 0.3) is 0 Å². The van der Waals surface area contributed by atoms with E-state index in [1.807, 2.05) is 12.1 Å². The molecule has 0 atom stereocenters. The summed E-state index contributed by atoms with van der Waals surface area (Å²) in [7, 11) is 1.51. The van der Waals surface area contributed by atoms with Gasteiger partial charge >= 0.3 is 0 Å². The van der Waals surface area contributed by atoms with Gasteiger partial charge in [-0.3, -0.25) is 4.79 Å². The number of β-amino-alcohol motifs (C(OH)–C–C–N with tert-alkyl or cyclic N) is 1. The Kier molecular flexibility index (Phi) is 3.22. The van der Waals surface area contributed by atoms with Crippen LogP contribution in [0, 0.1) is 0 Å². The SMILES string of the molecule is COCC(=O)c1ccc(N2CC(O)C2)cc1. The molecule has 0 amide bonds. The second kappa shape index (κ2) is 4.63. The van der Waals surface area contributed by atoms with Crippen molar-refractivity contribution < 1.29 is 14.6 Å². The van der Waals surface area contributed by atoms with Gasteiger partial charge in [-0.15, -0.1) is 0 Å². The Morgan fingerprint density at radius 1 is 1.44 bits per heavy atom. The maximum atomic E-state index is 11.5. The van der Waals surface area contributed by atoms with E-state index in [-0.39, 0.29) is 18.5 Å². The Labute approximate surface area is 94.4 Å². The molecule has 1 aromatic rings. The van der Waals surface area contributed by atoms with Crippen molar-refractivity contribution in [2.75, 3.05) is 31.7 Å². The fourth-order valence-corrected chi connectivity index (χ4v) is 1.74. The molecule has 0 unspecified atom stereocenters. The zero-order valence-electron chi connectivity index (χ0n) is 9.22. The number of benzene rings is 1. The van der Waals surface area contributed by atoms with Gasteiger partial charge in [0.1, 0.15) is 6.61 Å². The van der Waals surface area contributed by atoms with E-state index in [0.717, 1.165) is 5.69 Å². The van der Waals surface area contributed by atoms with E-state index in [9.17, 15) is 9.90 Å². The third-order valence-corrected chi connectivity index (χ3v) is 2.69. The Hall–Kier alpha value is -1.39. The van der Waals surface area contributed by atoms with Gasteiger partial charge < -0.3 is 14.7 Å². The first-order valence-corrected chi connectivity index (χ1v) is 5.26. The largest absolute Gasteiger partial charge is 0.389 e. The van der Waals surface area contributed by atoms with E-state index in [2.05, 4.69) is 4.90 Å². The highest BCUT2D eigenvalue weighted by atomic mass is 16.5. The van der Waals surface area contributed by atoms with E-state index in [1.165, 1.54) is 7.11 Å². The molecular formula is C12H15NO3. The van der Waals surface area contributed by atoms with Crippen LogP contribution in [0.3, 0.4) is 0 Å². The first-order chi connectivity index (χ1) is 7.70. The van der Waals surface area contributed by atoms with Gasteiger partial charge in [0.05, 0.1) is 6.10 Å². The number of carbonyl (C=O) groups is 1. The number of aliphatic hydroxyl groups is 1. The molecule has 1 aromatic carbocycles. The standard InChI is InChI=1S/C12H15NO3/c1-16-8-12(15)9-2-4-10(5-3-9)13-6-11(14)7-13/h2-5,11,14H,6-8H2,1H3. The van der Waals surface area contributed by atoms with Gasteiger partial charge in [-0.25, -0.2) is 0 Å². The molecule has 1 fully saturated rings. The van der Waals surface area contributed by atoms with Crippen LogP contribution in [0.1, 0.15) is 10.4 Å². The number of carbonyl (C=O) groups excluding carboxylic acids is 1. The number of nitrogens with zero attached hydrogens (tertiary/aromatic N) is 1. The summed E-state index contributed by atoms with van der Waals surface area (Å²) in [6.45, 7) is 1.46. The lowest BCUT2D eigenvalue weighted by Crippen LogP contribution is -2.50. The molecule has 0 saturated carbocycles. The molecule has 1 heterocycles. The second-order valence-electron chi connectivity index (χ2n) is 3.96. The number of anilines is 1. The van der Waals surface area contributed by atoms with Crippen LogP contribution in [-0.4, -0.2) is 43.8 Å². The monoisotopic (exact) mass is 221 g/mol. The summed E-state index contributed by atoms with van der Waals surface area (Å²) in [5, 5.41) is 9.18. The van der Waals surface area contributed by atoms with Gasteiger partial charge in [-0.2, -0.15) is 0 Å². The summed E-state index contributed by atoms with van der Waals surface area (Å²) in [6.07, 6.45) is -0.213. The van der Waals surface area contributed by atoms with Crippen molar-refractivity contribution in [1.82, 2.24) is 0 Å². The number of hydrogen-bond acceptors (Lipinski definition) is 4. The van der Waals surface area contributed by atoms with Crippen molar-refractivity contribution in [3.05, 3.63) is 29.8 Å². The van der Waals surface area contributed by atoms with Crippen LogP contribution < -0.4 is 4.90 Å². The second-order valence-corrected chi connectivity index (χ2v) is 3.96. The normalized spacial score (nSPS) is 16.0. The lowest BCUT2D eigenvalue weighted by atomic mass is 10.1. The molecule has 86 valence electrons. The minimum absolute atomic E-state index is 0.0160. The quantitative estimate of drug-likeness (QED) is 0.760. The lowest BCUT2D eigenvalue weighted by molar-refractivity contribution is 0.0848. The Balaban J connectivity index is 2.02. The summed E-state index contributed by atoms with van der Waals surface area (Å²) in [6, 6.07) is 7.38. The topological polar surface area (TPSA) is 49.8 Å². The molecule has 0 aliphatic carbocycles. The summed E-state index contributed by atoms with van der Waals surface area (Å²) in [5.74, 6) is -0.0160. The number of ether oxygens (including phenoxy) is 1. The van der Waals surface area contributed by atoms with E-state index in [1.54, 1.807) is 12.1 Å². The zero-order chi connectivity index (χ0) is 11.5. The van der Waals surface area contributed by atoms with Gasteiger partial charge in [0.15, 0.2) is 5.78 Å². The molecule has 4 heteroatoms. The lowest BCUT2D eigenvalue weighted by Gasteiger charge is -2.37. The average molecular weight is 221 g/mol. The number of methoxy groups -OCH3 is 1. The predicted molar refractivity (Wildman–Crippen MR) is 60.9 cm³/mol. The summed E-state index contributed by atoms with van der Waals surface area (Å²) in [5.41, 5.74) is 1.70. The molecule has 4 nitrogen and oxygen atoms in total. The minimum atomic E-state index is -0.213. The summed E-state index contributed by atoms with van der Waals surface area (Å²) in [4.78, 5) is 13.5. The molecule has 0 radical (unpaired) electrons. The molecule has 0 bridgehead atoms. The molecule has 1 aliphatic rings. The van der Waals surface area contributed by atoms with Gasteiger partial charge in [-0.1, -0.05) is 0 Å². The van der Waals surface area contributed by atoms with E-state index in [0.29, 0.717) is 18.7 Å². The van der Waals surface area contributed by atoms with Crippen LogP contribution in [0.25, 0.3) is 0 Å². The van der Waals surface area contributed by atoms with Crippen LogP contribution >= 0.6 is 0 Å². The smallest absolute Gasteiger partial charge is 0.188 e. The molecule has 1 aliphatic heterocycles. The van der Waals surface area contributed by atoms with Crippen molar-refractivity contribution in [3.63, 3.8) is 0 Å². The fraction of sp³-hybridized carbons (Fsp3) is 0.417. The predicted octanol–water partition coefficient (Wildman–Crippen LogP) is 0.697. The average Bonchev–Trinajstić information content (AvgIpc) is 2.25. The van der Waals surface area contributed by atoms with Crippen LogP contribution in [0.4, 0.5) is 5.69 Å². The van der Waals surface area contributed by atoms with Crippen LogP contribution in [-0.2, 0) is 4.74 Å². The van der Waals surface area contributed by atoms with Crippen molar-refractivity contribution in [2.24, 2.45) is 0 Å². The number of aliphatic hydroxyl groups excluding tert-OH is 1. The zero-order valence-corrected chi connectivity index (χ0v) is 9.22. The Morgan fingerprint density at radius 3 is 2.56 bits per heavy atom. The highest BCUT2D eigenvalue weighted by molar-refractivity contribution is 5.97. The molecule has 1 N–H and O–H groups in total. The van der Waals surface area contributed by atoms with Crippen LogP contribution in [0.2, 0.25) is 0 Å². The molecule has 16 heavy (non-hydrogen) atoms. The minimum Gasteiger partial charge on any atom is -0.389 e. The third kappa shape index (κ3) is 2.23. The summed E-state index contributed by atoms with van der Waals surface area (Å²) < 4.78 is 4.79. The van der Waals surface area contributed by atoms with E-state index < -0.39 is 0 Å². The maximum absolute atomic E-state index is 11.5. The van der Waals surface area contributed by atoms with Gasteiger partial charge in [0.2, 0.25) is 0 Å². The molecular weight excluding hydrogens is 206 g/mol. The highest BCUT2D eigenvalue weighted by Gasteiger charge is 2.24. The van der Waals surface area contributed by atoms with Crippen LogP contribution in [0.5, 0.6) is 0 Å². The third-order valence-electron chi connectivity index (χ3n) is 2.69. The Bertz CT molecular complexity index is 368. The number of Topliss-reactive ketones (excluding diaryl/α,β-unsaturated/α-hetero) is 1. The van der Waals surface area contributed by atoms with E-state index >= 15 is 0 Å². The first kappa shape index (κ1) is 11.1. The summed E-state index contributed by atoms with van der Waals surface area (Å²) >= 11 is 0. The number of hydrogen-bond donors (Lipinski definition) is 1. The first-order valence-electron chi connectivity index (χ1n) is 5.26. The van der Waals surface area contributed by atoms with Gasteiger partial charge in [0, 0.05) is 31.5 Å². The maximum Gasteiger partial charge on any atom is 0.188 e. The number of ketones is 1. The van der Waals surface area contributed by atoms with E-state index in [4.69, 9.17) is 4.74 Å². The van der Waals surface area contributed by atoms with Gasteiger partial charge in [-0.05, 0) is 24.3 Å². The van der Waals surface area contributed by atoms with Crippen LogP contribution in [0.15, 0.2) is 24.3 Å². The van der Waals surface area contributed by atoms with Crippen molar-refractivity contribution in [1.29, 1.82) is 0 Å².